The van der Waals surface area contributed by atoms with E-state index in [-0.39, 0.29) is 17.6 Å². The molecule has 0 aliphatic carbocycles. The molecule has 102 valence electrons. The average Bonchev–Trinajstić information content (AvgIpc) is 2.37. The summed E-state index contributed by atoms with van der Waals surface area (Å²) in [5, 5.41) is 2.82. The van der Waals surface area contributed by atoms with Gasteiger partial charge in [-0.2, -0.15) is 0 Å². The SMILES string of the molecule is CCOC(=O)CSc1cc2c(cc1N)CCC(=O)N2. The molecule has 0 spiro atoms. The molecule has 1 aromatic rings. The highest BCUT2D eigenvalue weighted by Gasteiger charge is 2.17. The molecule has 0 saturated carbocycles. The van der Waals surface area contributed by atoms with Gasteiger partial charge in [0, 0.05) is 22.7 Å². The Bertz CT molecular complexity index is 517. The van der Waals surface area contributed by atoms with Gasteiger partial charge in [-0.1, -0.05) is 0 Å². The van der Waals surface area contributed by atoms with E-state index in [0.29, 0.717) is 25.1 Å². The number of carbonyl (C=O) groups is 2. The maximum Gasteiger partial charge on any atom is 0.316 e. The van der Waals surface area contributed by atoms with Gasteiger partial charge in [-0.3, -0.25) is 9.59 Å². The predicted octanol–water partition coefficient (Wildman–Crippen LogP) is 1.81. The number of hydrogen-bond donors (Lipinski definition) is 2. The van der Waals surface area contributed by atoms with Gasteiger partial charge in [0.2, 0.25) is 5.91 Å². The number of benzene rings is 1. The molecule has 1 aromatic carbocycles. The number of anilines is 2. The fourth-order valence-corrected chi connectivity index (χ4v) is 2.68. The molecule has 2 rings (SSSR count). The van der Waals surface area contributed by atoms with Crippen LogP contribution in [0.1, 0.15) is 18.9 Å². The molecule has 1 heterocycles. The van der Waals surface area contributed by atoms with E-state index >= 15 is 0 Å². The molecule has 0 aromatic heterocycles. The lowest BCUT2D eigenvalue weighted by molar-refractivity contribution is -0.139. The third kappa shape index (κ3) is 3.41. The van der Waals surface area contributed by atoms with Crippen molar-refractivity contribution in [1.82, 2.24) is 0 Å². The second kappa shape index (κ2) is 5.97. The Balaban J connectivity index is 2.11. The van der Waals surface area contributed by atoms with Gasteiger partial charge in [-0.15, -0.1) is 11.8 Å². The zero-order valence-electron chi connectivity index (χ0n) is 10.7. The fourth-order valence-electron chi connectivity index (χ4n) is 1.89. The molecular formula is C13H16N2O3S. The van der Waals surface area contributed by atoms with Gasteiger partial charge in [-0.25, -0.2) is 0 Å². The summed E-state index contributed by atoms with van der Waals surface area (Å²) in [4.78, 5) is 23.5. The van der Waals surface area contributed by atoms with Crippen LogP contribution < -0.4 is 11.1 Å². The van der Waals surface area contributed by atoms with Crippen LogP contribution in [0.3, 0.4) is 0 Å². The van der Waals surface area contributed by atoms with Crippen molar-refractivity contribution in [3.63, 3.8) is 0 Å². The van der Waals surface area contributed by atoms with E-state index in [9.17, 15) is 9.59 Å². The fraction of sp³-hybridized carbons (Fsp3) is 0.385. The van der Waals surface area contributed by atoms with Crippen LogP contribution in [0.5, 0.6) is 0 Å². The molecule has 5 nitrogen and oxygen atoms in total. The van der Waals surface area contributed by atoms with Crippen LogP contribution in [-0.2, 0) is 20.7 Å². The summed E-state index contributed by atoms with van der Waals surface area (Å²) in [5.41, 5.74) is 8.41. The van der Waals surface area contributed by atoms with E-state index in [4.69, 9.17) is 10.5 Å². The minimum Gasteiger partial charge on any atom is -0.465 e. The minimum absolute atomic E-state index is 0.0126. The van der Waals surface area contributed by atoms with Gasteiger partial charge in [0.25, 0.3) is 0 Å². The first-order valence-corrected chi connectivity index (χ1v) is 7.09. The number of hydrogen-bond acceptors (Lipinski definition) is 5. The molecule has 1 aliphatic rings. The third-order valence-electron chi connectivity index (χ3n) is 2.78. The lowest BCUT2D eigenvalue weighted by atomic mass is 10.0. The number of nitrogens with two attached hydrogens (primary N) is 1. The van der Waals surface area contributed by atoms with E-state index in [2.05, 4.69) is 5.32 Å². The zero-order chi connectivity index (χ0) is 13.8. The number of aryl methyl sites for hydroxylation is 1. The normalized spacial score (nSPS) is 13.6. The van der Waals surface area contributed by atoms with Crippen LogP contribution in [0.25, 0.3) is 0 Å². The van der Waals surface area contributed by atoms with Gasteiger partial charge in [-0.05, 0) is 31.0 Å². The molecule has 3 N–H and O–H groups in total. The summed E-state index contributed by atoms with van der Waals surface area (Å²) in [7, 11) is 0. The van der Waals surface area contributed by atoms with Crippen molar-refractivity contribution in [2.45, 2.75) is 24.7 Å². The molecule has 0 atom stereocenters. The highest BCUT2D eigenvalue weighted by Crippen LogP contribution is 2.33. The van der Waals surface area contributed by atoms with Crippen molar-refractivity contribution in [2.24, 2.45) is 0 Å². The Hall–Kier alpha value is -1.69. The van der Waals surface area contributed by atoms with Crippen molar-refractivity contribution < 1.29 is 14.3 Å². The Kier molecular flexibility index (Phi) is 4.31. The van der Waals surface area contributed by atoms with Crippen LogP contribution in [0.15, 0.2) is 17.0 Å². The molecule has 6 heteroatoms. The maximum absolute atomic E-state index is 11.4. The van der Waals surface area contributed by atoms with Gasteiger partial charge in [0.05, 0.1) is 12.4 Å². The predicted molar refractivity (Wildman–Crippen MR) is 75.2 cm³/mol. The summed E-state index contributed by atoms with van der Waals surface area (Å²) < 4.78 is 4.86. The number of nitrogen functional groups attached to an aromatic ring is 1. The summed E-state index contributed by atoms with van der Waals surface area (Å²) in [6, 6.07) is 3.69. The van der Waals surface area contributed by atoms with Crippen LogP contribution in [0.4, 0.5) is 11.4 Å². The molecule has 19 heavy (non-hydrogen) atoms. The number of thioether (sulfide) groups is 1. The monoisotopic (exact) mass is 280 g/mol. The zero-order valence-corrected chi connectivity index (χ0v) is 11.5. The Morgan fingerprint density at radius 3 is 3.00 bits per heavy atom. The first-order valence-electron chi connectivity index (χ1n) is 6.10. The number of carbonyl (C=O) groups excluding carboxylic acids is 2. The van der Waals surface area contributed by atoms with Gasteiger partial charge in [0.1, 0.15) is 0 Å². The number of nitrogens with one attached hydrogen (secondary N) is 1. The highest BCUT2D eigenvalue weighted by atomic mass is 32.2. The van der Waals surface area contributed by atoms with Crippen molar-refractivity contribution in [1.29, 1.82) is 0 Å². The average molecular weight is 280 g/mol. The second-order valence-corrected chi connectivity index (χ2v) is 5.21. The van der Waals surface area contributed by atoms with E-state index in [1.807, 2.05) is 12.1 Å². The van der Waals surface area contributed by atoms with Crippen LogP contribution >= 0.6 is 11.8 Å². The number of rotatable bonds is 4. The molecule has 0 unspecified atom stereocenters. The summed E-state index contributed by atoms with van der Waals surface area (Å²) >= 11 is 1.32. The molecular weight excluding hydrogens is 264 g/mol. The summed E-state index contributed by atoms with van der Waals surface area (Å²) in [6.45, 7) is 2.14. The van der Waals surface area contributed by atoms with E-state index < -0.39 is 0 Å². The number of esters is 1. The van der Waals surface area contributed by atoms with Gasteiger partial charge < -0.3 is 15.8 Å². The first-order chi connectivity index (χ1) is 9.10. The molecule has 0 fully saturated rings. The molecule has 0 saturated heterocycles. The Morgan fingerprint density at radius 2 is 2.26 bits per heavy atom. The van der Waals surface area contributed by atoms with Crippen LogP contribution in [-0.4, -0.2) is 24.2 Å². The molecule has 0 radical (unpaired) electrons. The lowest BCUT2D eigenvalue weighted by Crippen LogP contribution is -2.19. The number of ether oxygens (including phenoxy) is 1. The van der Waals surface area contributed by atoms with Crippen LogP contribution in [0.2, 0.25) is 0 Å². The highest BCUT2D eigenvalue weighted by molar-refractivity contribution is 8.00. The largest absolute Gasteiger partial charge is 0.465 e. The van der Waals surface area contributed by atoms with Crippen molar-refractivity contribution >= 4 is 35.0 Å². The maximum atomic E-state index is 11.4. The second-order valence-electron chi connectivity index (χ2n) is 4.19. The van der Waals surface area contributed by atoms with Crippen molar-refractivity contribution in [3.05, 3.63) is 17.7 Å². The van der Waals surface area contributed by atoms with Crippen LogP contribution in [0, 0.1) is 0 Å². The summed E-state index contributed by atoms with van der Waals surface area (Å²) in [5.74, 6) is -0.0441. The third-order valence-corrected chi connectivity index (χ3v) is 3.83. The molecule has 1 aliphatic heterocycles. The quantitative estimate of drug-likeness (QED) is 0.499. The van der Waals surface area contributed by atoms with Gasteiger partial charge >= 0.3 is 5.97 Å². The standard InChI is InChI=1S/C13H16N2O3S/c1-2-18-13(17)7-19-11-6-10-8(5-9(11)14)3-4-12(16)15-10/h5-6H,2-4,7,14H2,1H3,(H,15,16). The minimum atomic E-state index is -0.270. The molecule has 0 bridgehead atoms. The van der Waals surface area contributed by atoms with Crippen molar-refractivity contribution in [2.75, 3.05) is 23.4 Å². The summed E-state index contributed by atoms with van der Waals surface area (Å²) in [6.07, 6.45) is 1.19. The smallest absolute Gasteiger partial charge is 0.316 e. The van der Waals surface area contributed by atoms with E-state index in [1.54, 1.807) is 6.92 Å². The lowest BCUT2D eigenvalue weighted by Gasteiger charge is -2.18. The Labute approximate surface area is 115 Å². The number of fused-ring (bicyclic) bond motifs is 1. The Morgan fingerprint density at radius 1 is 1.47 bits per heavy atom. The topological polar surface area (TPSA) is 81.4 Å². The van der Waals surface area contributed by atoms with Gasteiger partial charge in [0.15, 0.2) is 0 Å². The first kappa shape index (κ1) is 13.7. The molecule has 1 amide bonds. The number of amides is 1. The van der Waals surface area contributed by atoms with E-state index in [0.717, 1.165) is 16.1 Å². The van der Waals surface area contributed by atoms with E-state index in [1.165, 1.54) is 11.8 Å². The van der Waals surface area contributed by atoms with Crippen molar-refractivity contribution in [3.8, 4) is 0 Å².